The summed E-state index contributed by atoms with van der Waals surface area (Å²) in [5.74, 6) is 0. The molecule has 1 aliphatic heterocycles. The van der Waals surface area contributed by atoms with E-state index in [-0.39, 0.29) is 17.7 Å². The van der Waals surface area contributed by atoms with Gasteiger partial charge in [-0.25, -0.2) is 0 Å². The molecule has 2 aromatic heterocycles. The first-order valence-corrected chi connectivity index (χ1v) is 19.9. The van der Waals surface area contributed by atoms with Crippen LogP contribution in [0.5, 0.6) is 0 Å². The highest BCUT2D eigenvalue weighted by molar-refractivity contribution is 6.13. The molecule has 10 aromatic rings. The average Bonchev–Trinajstić information content (AvgIpc) is 3.87. The molecule has 1 aliphatic carbocycles. The summed E-state index contributed by atoms with van der Waals surface area (Å²) in [6.45, 7) is 4.79. The summed E-state index contributed by atoms with van der Waals surface area (Å²) in [5.41, 5.74) is 15.1. The summed E-state index contributed by atoms with van der Waals surface area (Å²) in [6.07, 6.45) is -0.332. The number of benzene rings is 8. The van der Waals surface area contributed by atoms with Crippen LogP contribution in [0.2, 0.25) is 0 Å². The van der Waals surface area contributed by atoms with Gasteiger partial charge in [-0.05, 0) is 86.6 Å². The number of nitrogens with one attached hydrogen (secondary N) is 2. The predicted molar refractivity (Wildman–Crippen MR) is 236 cm³/mol. The maximum Gasteiger partial charge on any atom is 0.135 e. The van der Waals surface area contributed by atoms with Crippen LogP contribution >= 0.6 is 0 Å². The van der Waals surface area contributed by atoms with E-state index >= 15 is 0 Å². The first-order valence-electron chi connectivity index (χ1n) is 19.9. The van der Waals surface area contributed by atoms with Crippen LogP contribution in [0.25, 0.3) is 82.5 Å². The van der Waals surface area contributed by atoms with Crippen LogP contribution in [0.15, 0.2) is 186 Å². The van der Waals surface area contributed by atoms with Gasteiger partial charge in [0.15, 0.2) is 0 Å². The summed E-state index contributed by atoms with van der Waals surface area (Å²) in [7, 11) is 0. The predicted octanol–water partition coefficient (Wildman–Crippen LogP) is 13.3. The van der Waals surface area contributed by atoms with Gasteiger partial charge in [-0.2, -0.15) is 0 Å². The van der Waals surface area contributed by atoms with Gasteiger partial charge in [0.2, 0.25) is 0 Å². The number of para-hydroxylation sites is 2. The topological polar surface area (TPSA) is 42.1 Å². The lowest BCUT2D eigenvalue weighted by Gasteiger charge is -2.40. The molecule has 0 fully saturated rings. The second kappa shape index (κ2) is 12.1. The zero-order chi connectivity index (χ0) is 37.8. The Labute approximate surface area is 330 Å². The maximum absolute atomic E-state index is 6.28. The molecule has 12 rings (SSSR count). The highest BCUT2D eigenvalue weighted by atomic mass is 16.3. The van der Waals surface area contributed by atoms with Crippen LogP contribution in [0.4, 0.5) is 0 Å². The van der Waals surface area contributed by atoms with Gasteiger partial charge in [-0.3, -0.25) is 5.32 Å². The van der Waals surface area contributed by atoms with Crippen molar-refractivity contribution in [1.29, 1.82) is 0 Å². The fourth-order valence-corrected chi connectivity index (χ4v) is 9.89. The van der Waals surface area contributed by atoms with Crippen molar-refractivity contribution in [1.82, 2.24) is 15.2 Å². The summed E-state index contributed by atoms with van der Waals surface area (Å²) in [4.78, 5) is 0. The lowest BCUT2D eigenvalue weighted by molar-refractivity contribution is 0.340. The first-order chi connectivity index (χ1) is 28.0. The van der Waals surface area contributed by atoms with Gasteiger partial charge in [0.1, 0.15) is 23.5 Å². The molecule has 3 heterocycles. The van der Waals surface area contributed by atoms with E-state index < -0.39 is 0 Å². The average molecular weight is 734 g/mol. The molecule has 272 valence electrons. The van der Waals surface area contributed by atoms with Crippen molar-refractivity contribution in [3.63, 3.8) is 0 Å². The molecule has 0 saturated heterocycles. The lowest BCUT2D eigenvalue weighted by atomic mass is 9.79. The van der Waals surface area contributed by atoms with Gasteiger partial charge < -0.3 is 14.3 Å². The molecule has 2 N–H and O–H groups in total. The largest absolute Gasteiger partial charge is 0.456 e. The third-order valence-corrected chi connectivity index (χ3v) is 12.7. The van der Waals surface area contributed by atoms with Crippen molar-refractivity contribution >= 4 is 60.2 Å². The molecule has 0 amide bonds. The number of nitrogens with zero attached hydrogens (tertiary/aromatic N) is 1. The summed E-state index contributed by atoms with van der Waals surface area (Å²) in [5, 5.41) is 15.6. The van der Waals surface area contributed by atoms with Crippen molar-refractivity contribution in [2.24, 2.45) is 0 Å². The van der Waals surface area contributed by atoms with Gasteiger partial charge >= 0.3 is 0 Å². The van der Waals surface area contributed by atoms with Crippen LogP contribution in [0.1, 0.15) is 42.9 Å². The molecule has 0 radical (unpaired) electrons. The quantitative estimate of drug-likeness (QED) is 0.189. The van der Waals surface area contributed by atoms with E-state index in [0.29, 0.717) is 0 Å². The van der Waals surface area contributed by atoms with Crippen molar-refractivity contribution in [3.8, 4) is 22.3 Å². The van der Waals surface area contributed by atoms with Gasteiger partial charge in [0.25, 0.3) is 0 Å². The van der Waals surface area contributed by atoms with E-state index in [1.807, 2.05) is 6.07 Å². The second-order valence-corrected chi connectivity index (χ2v) is 16.2. The number of hydrogen-bond donors (Lipinski definition) is 2. The molecule has 0 spiro atoms. The Morgan fingerprint density at radius 3 is 1.98 bits per heavy atom. The number of fused-ring (bicyclic) bond motifs is 9. The lowest BCUT2D eigenvalue weighted by Crippen LogP contribution is -2.45. The fourth-order valence-electron chi connectivity index (χ4n) is 9.89. The highest BCUT2D eigenvalue weighted by Gasteiger charge is 2.46. The fraction of sp³-hybridized carbons (Fsp3) is 0.0943. The van der Waals surface area contributed by atoms with Crippen molar-refractivity contribution in [2.75, 3.05) is 0 Å². The molecule has 2 aliphatic rings. The normalized spacial score (nSPS) is 17.4. The van der Waals surface area contributed by atoms with Crippen LogP contribution in [-0.4, -0.2) is 4.57 Å². The van der Waals surface area contributed by atoms with Gasteiger partial charge in [-0.1, -0.05) is 147 Å². The third kappa shape index (κ3) is 4.84. The van der Waals surface area contributed by atoms with E-state index in [4.69, 9.17) is 4.42 Å². The van der Waals surface area contributed by atoms with E-state index in [2.05, 4.69) is 199 Å². The Hall–Kier alpha value is -6.88. The monoisotopic (exact) mass is 733 g/mol. The summed E-state index contributed by atoms with van der Waals surface area (Å²) in [6, 6.07) is 64.0. The minimum absolute atomic E-state index is 0.150. The summed E-state index contributed by atoms with van der Waals surface area (Å²) >= 11 is 0. The molecule has 57 heavy (non-hydrogen) atoms. The van der Waals surface area contributed by atoms with E-state index in [1.165, 1.54) is 77.2 Å². The van der Waals surface area contributed by atoms with E-state index in [1.54, 1.807) is 0 Å². The summed E-state index contributed by atoms with van der Waals surface area (Å²) < 4.78 is 8.86. The molecule has 4 heteroatoms. The SMILES string of the molecule is CC1(C)C2=C(N[C@H](c3ccc4oc5ccccc5c4c3)NC2n2c3ccccc3c3cc4ccccc4cc32)c2cc(-c3ccc(-c4ccccc4)cc3)ccc21. The van der Waals surface area contributed by atoms with Crippen LogP contribution < -0.4 is 10.6 Å². The van der Waals surface area contributed by atoms with Gasteiger partial charge in [0.05, 0.1) is 11.0 Å². The smallest absolute Gasteiger partial charge is 0.135 e. The standard InChI is InChI=1S/C53H39N3O/c1-53(2)44-26-24-37(34-22-20-33(21-23-34)32-12-4-3-5-13-32)29-43(44)50-49(53)52(55-51(54-50)38-25-27-48-42(30-38)40-17-9-11-19-47(40)57-48)56-45-18-10-8-16-39(45)41-28-35-14-6-7-15-36(35)31-46(41)56/h3-31,51-52,54-55H,1-2H3/t51-,52?/m0/s1. The van der Waals surface area contributed by atoms with Crippen molar-refractivity contribution < 1.29 is 4.42 Å². The number of furan rings is 1. The molecule has 2 atom stereocenters. The van der Waals surface area contributed by atoms with E-state index in [9.17, 15) is 0 Å². The highest BCUT2D eigenvalue weighted by Crippen LogP contribution is 2.54. The van der Waals surface area contributed by atoms with Gasteiger partial charge in [0, 0.05) is 43.8 Å². The minimum atomic E-state index is -0.269. The molecule has 0 bridgehead atoms. The van der Waals surface area contributed by atoms with Crippen molar-refractivity contribution in [2.45, 2.75) is 31.6 Å². The number of hydrogen-bond acceptors (Lipinski definition) is 3. The third-order valence-electron chi connectivity index (χ3n) is 12.7. The Morgan fingerprint density at radius 1 is 0.509 bits per heavy atom. The zero-order valence-corrected chi connectivity index (χ0v) is 31.8. The first kappa shape index (κ1) is 32.4. The maximum atomic E-state index is 6.28. The number of rotatable bonds is 4. The zero-order valence-electron chi connectivity index (χ0n) is 31.8. The Morgan fingerprint density at radius 2 is 1.16 bits per heavy atom. The van der Waals surface area contributed by atoms with Crippen LogP contribution in [0.3, 0.4) is 0 Å². The van der Waals surface area contributed by atoms with Crippen LogP contribution in [-0.2, 0) is 5.41 Å². The Balaban J connectivity index is 1.07. The molecular formula is C53H39N3O. The molecule has 4 nitrogen and oxygen atoms in total. The molecule has 8 aromatic carbocycles. The van der Waals surface area contributed by atoms with E-state index in [0.717, 1.165) is 27.5 Å². The molecule has 1 unspecified atom stereocenters. The minimum Gasteiger partial charge on any atom is -0.456 e. The number of aromatic nitrogens is 1. The second-order valence-electron chi connectivity index (χ2n) is 16.2. The molecular weight excluding hydrogens is 695 g/mol. The van der Waals surface area contributed by atoms with Gasteiger partial charge in [-0.15, -0.1) is 0 Å². The Kier molecular flexibility index (Phi) is 6.85. The van der Waals surface area contributed by atoms with Crippen LogP contribution in [0, 0.1) is 0 Å². The Bertz CT molecular complexity index is 3270. The molecule has 0 saturated carbocycles. The van der Waals surface area contributed by atoms with Crippen molar-refractivity contribution in [3.05, 3.63) is 198 Å².